The molecule has 0 unspecified atom stereocenters. The molecular formula is C16H25IN4O3. The number of para-hydroxylation sites is 1. The minimum absolute atomic E-state index is 0. The molecule has 1 N–H and O–H groups in total. The van der Waals surface area contributed by atoms with Crippen molar-refractivity contribution in [2.24, 2.45) is 10.9 Å². The van der Waals surface area contributed by atoms with E-state index in [1.54, 1.807) is 25.2 Å². The molecule has 134 valence electrons. The molecule has 0 heterocycles. The Morgan fingerprint density at radius 2 is 2.17 bits per heavy atom. The van der Waals surface area contributed by atoms with Crippen LogP contribution in [-0.2, 0) is 11.3 Å². The van der Waals surface area contributed by atoms with Crippen LogP contribution in [0.4, 0.5) is 5.69 Å². The minimum atomic E-state index is -0.366. The summed E-state index contributed by atoms with van der Waals surface area (Å²) in [7, 11) is 3.62. The molecule has 1 fully saturated rings. The number of nitro groups is 1. The highest BCUT2D eigenvalue weighted by Crippen LogP contribution is 2.28. The number of rotatable bonds is 8. The Morgan fingerprint density at radius 1 is 1.46 bits per heavy atom. The molecule has 1 aliphatic rings. The summed E-state index contributed by atoms with van der Waals surface area (Å²) in [4.78, 5) is 16.8. The van der Waals surface area contributed by atoms with Gasteiger partial charge < -0.3 is 15.0 Å². The van der Waals surface area contributed by atoms with Crippen LogP contribution in [-0.4, -0.2) is 49.6 Å². The first-order chi connectivity index (χ1) is 11.1. The average Bonchev–Trinajstić information content (AvgIpc) is 3.36. The van der Waals surface area contributed by atoms with Crippen molar-refractivity contribution in [2.75, 3.05) is 33.9 Å². The van der Waals surface area contributed by atoms with Crippen LogP contribution in [0.1, 0.15) is 18.4 Å². The van der Waals surface area contributed by atoms with Gasteiger partial charge in [-0.2, -0.15) is 0 Å². The maximum absolute atomic E-state index is 11.0. The van der Waals surface area contributed by atoms with Crippen LogP contribution in [0.2, 0.25) is 0 Å². The molecule has 1 saturated carbocycles. The third kappa shape index (κ3) is 6.60. The van der Waals surface area contributed by atoms with Gasteiger partial charge in [0.25, 0.3) is 5.69 Å². The Hall–Kier alpha value is -1.42. The number of aliphatic imine (C=N–C) groups is 1. The van der Waals surface area contributed by atoms with Crippen LogP contribution >= 0.6 is 24.0 Å². The van der Waals surface area contributed by atoms with Crippen molar-refractivity contribution >= 4 is 35.6 Å². The number of benzene rings is 1. The molecule has 0 atom stereocenters. The van der Waals surface area contributed by atoms with Gasteiger partial charge in [0, 0.05) is 45.4 Å². The molecule has 0 aromatic heterocycles. The van der Waals surface area contributed by atoms with Crippen molar-refractivity contribution in [1.29, 1.82) is 0 Å². The lowest BCUT2D eigenvalue weighted by atomic mass is 10.2. The smallest absolute Gasteiger partial charge is 0.274 e. The number of nitrogens with one attached hydrogen (secondary N) is 1. The predicted molar refractivity (Wildman–Crippen MR) is 105 cm³/mol. The predicted octanol–water partition coefficient (Wildman–Crippen LogP) is 2.65. The van der Waals surface area contributed by atoms with Crippen molar-refractivity contribution in [3.05, 3.63) is 39.9 Å². The van der Waals surface area contributed by atoms with Crippen molar-refractivity contribution in [3.8, 4) is 0 Å². The third-order valence-electron chi connectivity index (χ3n) is 3.82. The summed E-state index contributed by atoms with van der Waals surface area (Å²) in [5.74, 6) is 1.45. The first-order valence-electron chi connectivity index (χ1n) is 7.83. The molecule has 0 aliphatic heterocycles. The highest BCUT2D eigenvalue weighted by molar-refractivity contribution is 14.0. The molecule has 0 radical (unpaired) electrons. The lowest BCUT2D eigenvalue weighted by Crippen LogP contribution is -2.40. The standard InChI is InChI=1S/C16H24N4O3.HI/c1-17-16(19(2)9-10-23-12-13-7-8-13)18-11-14-5-3-4-6-15(14)20(21)22;/h3-6,13H,7-12H2,1-2H3,(H,17,18);1H. The number of halogens is 1. The van der Waals surface area contributed by atoms with Crippen LogP contribution in [0.15, 0.2) is 29.3 Å². The fraction of sp³-hybridized carbons (Fsp3) is 0.562. The van der Waals surface area contributed by atoms with Crippen molar-refractivity contribution in [3.63, 3.8) is 0 Å². The average molecular weight is 448 g/mol. The van der Waals surface area contributed by atoms with Crippen LogP contribution < -0.4 is 5.32 Å². The van der Waals surface area contributed by atoms with Gasteiger partial charge in [0.15, 0.2) is 5.96 Å². The monoisotopic (exact) mass is 448 g/mol. The van der Waals surface area contributed by atoms with E-state index in [4.69, 9.17) is 4.74 Å². The Bertz CT molecular complexity index is 564. The van der Waals surface area contributed by atoms with Crippen molar-refractivity contribution < 1.29 is 9.66 Å². The van der Waals surface area contributed by atoms with E-state index in [0.29, 0.717) is 24.7 Å². The van der Waals surface area contributed by atoms with Gasteiger partial charge in [-0.3, -0.25) is 15.1 Å². The topological polar surface area (TPSA) is 80.0 Å². The lowest BCUT2D eigenvalue weighted by molar-refractivity contribution is -0.385. The van der Waals surface area contributed by atoms with Gasteiger partial charge in [0.1, 0.15) is 0 Å². The minimum Gasteiger partial charge on any atom is -0.379 e. The quantitative estimate of drug-likeness (QED) is 0.165. The summed E-state index contributed by atoms with van der Waals surface area (Å²) in [6.45, 7) is 2.58. The van der Waals surface area contributed by atoms with E-state index < -0.39 is 0 Å². The molecule has 2 rings (SSSR count). The highest BCUT2D eigenvalue weighted by Gasteiger charge is 2.21. The fourth-order valence-corrected chi connectivity index (χ4v) is 2.24. The molecule has 7 nitrogen and oxygen atoms in total. The van der Waals surface area contributed by atoms with Crippen LogP contribution in [0.3, 0.4) is 0 Å². The van der Waals surface area contributed by atoms with Gasteiger partial charge in [0.05, 0.1) is 11.5 Å². The second-order valence-corrected chi connectivity index (χ2v) is 5.73. The summed E-state index contributed by atoms with van der Waals surface area (Å²) in [6, 6.07) is 6.72. The van der Waals surface area contributed by atoms with Crippen LogP contribution in [0.25, 0.3) is 0 Å². The molecule has 1 aromatic carbocycles. The zero-order valence-corrected chi connectivity index (χ0v) is 16.4. The zero-order chi connectivity index (χ0) is 16.7. The molecule has 0 spiro atoms. The zero-order valence-electron chi connectivity index (χ0n) is 14.1. The summed E-state index contributed by atoms with van der Waals surface area (Å²) in [6.07, 6.45) is 2.57. The van der Waals surface area contributed by atoms with E-state index in [2.05, 4.69) is 10.3 Å². The van der Waals surface area contributed by atoms with Gasteiger partial charge in [-0.1, -0.05) is 18.2 Å². The van der Waals surface area contributed by atoms with Gasteiger partial charge in [0.2, 0.25) is 0 Å². The molecule has 8 heteroatoms. The summed E-state index contributed by atoms with van der Waals surface area (Å²) < 4.78 is 5.62. The van der Waals surface area contributed by atoms with Gasteiger partial charge in [-0.15, -0.1) is 24.0 Å². The number of hydrogen-bond donors (Lipinski definition) is 1. The van der Waals surface area contributed by atoms with Gasteiger partial charge in [-0.05, 0) is 18.8 Å². The highest BCUT2D eigenvalue weighted by atomic mass is 127. The molecule has 0 saturated heterocycles. The molecule has 1 aliphatic carbocycles. The number of nitrogens with zero attached hydrogens (tertiary/aromatic N) is 3. The maximum Gasteiger partial charge on any atom is 0.274 e. The Balaban J connectivity index is 0.00000288. The fourth-order valence-electron chi connectivity index (χ4n) is 2.24. The molecular weight excluding hydrogens is 423 g/mol. The molecule has 0 bridgehead atoms. The Kier molecular flexibility index (Phi) is 8.98. The molecule has 1 aromatic rings. The number of nitro benzene ring substituents is 1. The van der Waals surface area contributed by atoms with Crippen molar-refractivity contribution in [1.82, 2.24) is 10.2 Å². The van der Waals surface area contributed by atoms with Crippen LogP contribution in [0.5, 0.6) is 0 Å². The number of ether oxygens (including phenoxy) is 1. The van der Waals surface area contributed by atoms with Crippen molar-refractivity contribution in [2.45, 2.75) is 19.4 Å². The number of likely N-dealkylation sites (N-methyl/N-ethyl adjacent to an activating group) is 1. The third-order valence-corrected chi connectivity index (χ3v) is 3.82. The second kappa shape index (κ2) is 10.4. The summed E-state index contributed by atoms with van der Waals surface area (Å²) in [5.41, 5.74) is 0.753. The van der Waals surface area contributed by atoms with E-state index >= 15 is 0 Å². The SMILES string of the molecule is CN=C(NCc1ccccc1[N+](=O)[O-])N(C)CCOCC1CC1.I. The molecule has 0 amide bonds. The van der Waals surface area contributed by atoms with Crippen LogP contribution in [0, 0.1) is 16.0 Å². The van der Waals surface area contributed by atoms with E-state index in [9.17, 15) is 10.1 Å². The Labute approximate surface area is 159 Å². The summed E-state index contributed by atoms with van der Waals surface area (Å²) in [5, 5.41) is 14.2. The summed E-state index contributed by atoms with van der Waals surface area (Å²) >= 11 is 0. The first-order valence-corrected chi connectivity index (χ1v) is 7.83. The second-order valence-electron chi connectivity index (χ2n) is 5.73. The number of hydrogen-bond acceptors (Lipinski definition) is 4. The largest absolute Gasteiger partial charge is 0.379 e. The van der Waals surface area contributed by atoms with E-state index in [1.165, 1.54) is 18.9 Å². The lowest BCUT2D eigenvalue weighted by Gasteiger charge is -2.22. The normalized spacial score (nSPS) is 14.0. The maximum atomic E-state index is 11.0. The van der Waals surface area contributed by atoms with E-state index in [-0.39, 0.29) is 34.6 Å². The van der Waals surface area contributed by atoms with E-state index in [1.807, 2.05) is 11.9 Å². The molecule has 24 heavy (non-hydrogen) atoms. The van der Waals surface area contributed by atoms with Gasteiger partial charge >= 0.3 is 0 Å². The van der Waals surface area contributed by atoms with Gasteiger partial charge in [-0.25, -0.2) is 0 Å². The Morgan fingerprint density at radius 3 is 2.79 bits per heavy atom. The number of guanidine groups is 1. The first kappa shape index (κ1) is 20.6. The van der Waals surface area contributed by atoms with E-state index in [0.717, 1.165) is 19.1 Å².